The SMILES string of the molecule is O=C1c2ccccc2C[C@]12C[C@H]2c1cccc(F)c1. The van der Waals surface area contributed by atoms with E-state index in [0.29, 0.717) is 0 Å². The number of carbonyl (C=O) groups is 1. The third kappa shape index (κ3) is 1.43. The molecule has 19 heavy (non-hydrogen) atoms. The van der Waals surface area contributed by atoms with Gasteiger partial charge in [-0.05, 0) is 42.0 Å². The Labute approximate surface area is 111 Å². The minimum atomic E-state index is -0.280. The molecule has 0 unspecified atom stereocenters. The van der Waals surface area contributed by atoms with Crippen LogP contribution >= 0.6 is 0 Å². The minimum absolute atomic E-state index is 0.183. The monoisotopic (exact) mass is 252 g/mol. The van der Waals surface area contributed by atoms with Crippen molar-refractivity contribution < 1.29 is 9.18 Å². The van der Waals surface area contributed by atoms with Gasteiger partial charge in [-0.1, -0.05) is 36.4 Å². The number of rotatable bonds is 1. The number of halogens is 1. The van der Waals surface area contributed by atoms with Crippen LogP contribution in [0, 0.1) is 11.2 Å². The molecule has 2 atom stereocenters. The van der Waals surface area contributed by atoms with Gasteiger partial charge in [-0.3, -0.25) is 4.79 Å². The molecule has 1 spiro atoms. The average Bonchev–Trinajstić information content (AvgIpc) is 3.07. The summed E-state index contributed by atoms with van der Waals surface area (Å²) in [7, 11) is 0. The van der Waals surface area contributed by atoms with E-state index < -0.39 is 0 Å². The van der Waals surface area contributed by atoms with Crippen molar-refractivity contribution in [3.8, 4) is 0 Å². The fraction of sp³-hybridized carbons (Fsp3) is 0.235. The van der Waals surface area contributed by atoms with Gasteiger partial charge >= 0.3 is 0 Å². The van der Waals surface area contributed by atoms with E-state index in [-0.39, 0.29) is 22.9 Å². The van der Waals surface area contributed by atoms with Gasteiger partial charge in [-0.2, -0.15) is 0 Å². The van der Waals surface area contributed by atoms with Gasteiger partial charge in [0, 0.05) is 11.0 Å². The Balaban J connectivity index is 1.72. The van der Waals surface area contributed by atoms with Crippen LogP contribution in [0.5, 0.6) is 0 Å². The van der Waals surface area contributed by atoms with Gasteiger partial charge in [0.25, 0.3) is 0 Å². The molecule has 1 nitrogen and oxygen atoms in total. The smallest absolute Gasteiger partial charge is 0.170 e. The summed E-state index contributed by atoms with van der Waals surface area (Å²) in [5, 5.41) is 0. The van der Waals surface area contributed by atoms with Crippen molar-refractivity contribution in [2.45, 2.75) is 18.8 Å². The predicted molar refractivity (Wildman–Crippen MR) is 70.7 cm³/mol. The van der Waals surface area contributed by atoms with Crippen LogP contribution in [0.3, 0.4) is 0 Å². The lowest BCUT2D eigenvalue weighted by molar-refractivity contribution is 0.0914. The van der Waals surface area contributed by atoms with E-state index in [2.05, 4.69) is 0 Å². The van der Waals surface area contributed by atoms with Crippen LogP contribution in [-0.4, -0.2) is 5.78 Å². The molecule has 2 aromatic rings. The Morgan fingerprint density at radius 3 is 2.74 bits per heavy atom. The van der Waals surface area contributed by atoms with Crippen LogP contribution < -0.4 is 0 Å². The number of fused-ring (bicyclic) bond motifs is 1. The van der Waals surface area contributed by atoms with Gasteiger partial charge in [0.2, 0.25) is 0 Å². The summed E-state index contributed by atoms with van der Waals surface area (Å²) < 4.78 is 13.3. The molecule has 2 aromatic carbocycles. The maximum atomic E-state index is 13.3. The summed E-state index contributed by atoms with van der Waals surface area (Å²) in [6.07, 6.45) is 1.66. The van der Waals surface area contributed by atoms with E-state index in [4.69, 9.17) is 0 Å². The zero-order chi connectivity index (χ0) is 13.0. The third-order valence-electron chi connectivity index (χ3n) is 4.55. The summed E-state index contributed by atoms with van der Waals surface area (Å²) in [6, 6.07) is 14.5. The molecule has 2 aliphatic rings. The Hall–Kier alpha value is -1.96. The largest absolute Gasteiger partial charge is 0.294 e. The zero-order valence-electron chi connectivity index (χ0n) is 10.4. The van der Waals surface area contributed by atoms with E-state index in [1.165, 1.54) is 6.07 Å². The topological polar surface area (TPSA) is 17.1 Å². The highest BCUT2D eigenvalue weighted by Gasteiger charge is 2.63. The van der Waals surface area contributed by atoms with Crippen LogP contribution in [-0.2, 0) is 6.42 Å². The number of hydrogen-bond acceptors (Lipinski definition) is 1. The number of benzene rings is 2. The second kappa shape index (κ2) is 3.53. The number of hydrogen-bond donors (Lipinski definition) is 0. The van der Waals surface area contributed by atoms with Crippen molar-refractivity contribution in [2.24, 2.45) is 5.41 Å². The van der Waals surface area contributed by atoms with Crippen molar-refractivity contribution in [1.82, 2.24) is 0 Å². The Kier molecular flexibility index (Phi) is 2.03. The summed E-state index contributed by atoms with van der Waals surface area (Å²) >= 11 is 0. The normalized spacial score (nSPS) is 27.6. The first kappa shape index (κ1) is 10.9. The van der Waals surface area contributed by atoms with E-state index in [9.17, 15) is 9.18 Å². The first-order chi connectivity index (χ1) is 9.21. The van der Waals surface area contributed by atoms with E-state index in [0.717, 1.165) is 29.5 Å². The molecule has 2 heteroatoms. The number of Topliss-reactive ketones (excluding diaryl/α,β-unsaturated/α-hetero) is 1. The second-order valence-electron chi connectivity index (χ2n) is 5.63. The van der Waals surface area contributed by atoms with E-state index in [1.807, 2.05) is 30.3 Å². The highest BCUT2D eigenvalue weighted by molar-refractivity contribution is 6.07. The molecule has 1 saturated carbocycles. The Morgan fingerprint density at radius 2 is 1.95 bits per heavy atom. The third-order valence-corrected chi connectivity index (χ3v) is 4.55. The first-order valence-electron chi connectivity index (χ1n) is 6.59. The molecule has 2 aliphatic carbocycles. The molecule has 0 aliphatic heterocycles. The maximum Gasteiger partial charge on any atom is 0.170 e. The average molecular weight is 252 g/mol. The van der Waals surface area contributed by atoms with Gasteiger partial charge in [0.05, 0.1) is 0 Å². The molecule has 4 rings (SSSR count). The second-order valence-corrected chi connectivity index (χ2v) is 5.63. The molecule has 0 saturated heterocycles. The molecule has 1 fully saturated rings. The van der Waals surface area contributed by atoms with Crippen molar-refractivity contribution in [3.63, 3.8) is 0 Å². The number of ketones is 1. The highest BCUT2D eigenvalue weighted by atomic mass is 19.1. The molecule has 0 heterocycles. The molecule has 0 N–H and O–H groups in total. The van der Waals surface area contributed by atoms with Crippen molar-refractivity contribution >= 4 is 5.78 Å². The predicted octanol–water partition coefficient (Wildman–Crippen LogP) is 3.74. The number of carbonyl (C=O) groups excluding carboxylic acids is 1. The Morgan fingerprint density at radius 1 is 1.11 bits per heavy atom. The molecule has 94 valence electrons. The van der Waals surface area contributed by atoms with E-state index >= 15 is 0 Å². The summed E-state index contributed by atoms with van der Waals surface area (Å²) in [6.45, 7) is 0. The minimum Gasteiger partial charge on any atom is -0.294 e. The maximum absolute atomic E-state index is 13.3. The Bertz CT molecular complexity index is 691. The lowest BCUT2D eigenvalue weighted by atomic mass is 9.95. The standard InChI is InChI=1S/C17H13FO/c18-13-6-3-5-11(8-13)15-10-17(15)9-12-4-1-2-7-14(12)16(17)19/h1-8,15H,9-10H2/t15-,17+/m0/s1. The van der Waals surface area contributed by atoms with Crippen LogP contribution in [0.1, 0.15) is 33.8 Å². The van der Waals surface area contributed by atoms with Gasteiger partial charge < -0.3 is 0 Å². The fourth-order valence-electron chi connectivity index (χ4n) is 3.50. The summed E-state index contributed by atoms with van der Waals surface area (Å²) in [5.41, 5.74) is 2.69. The zero-order valence-corrected chi connectivity index (χ0v) is 10.4. The van der Waals surface area contributed by atoms with Crippen LogP contribution in [0.2, 0.25) is 0 Å². The lowest BCUT2D eigenvalue weighted by Crippen LogP contribution is -2.12. The van der Waals surface area contributed by atoms with Crippen LogP contribution in [0.25, 0.3) is 0 Å². The molecule has 0 aromatic heterocycles. The van der Waals surface area contributed by atoms with Crippen molar-refractivity contribution in [3.05, 3.63) is 71.0 Å². The molecular weight excluding hydrogens is 239 g/mol. The van der Waals surface area contributed by atoms with Gasteiger partial charge in [0.1, 0.15) is 5.82 Å². The van der Waals surface area contributed by atoms with E-state index in [1.54, 1.807) is 12.1 Å². The first-order valence-corrected chi connectivity index (χ1v) is 6.59. The van der Waals surface area contributed by atoms with Gasteiger partial charge in [-0.15, -0.1) is 0 Å². The van der Waals surface area contributed by atoms with Crippen LogP contribution in [0.15, 0.2) is 48.5 Å². The van der Waals surface area contributed by atoms with Crippen molar-refractivity contribution in [2.75, 3.05) is 0 Å². The lowest BCUT2D eigenvalue weighted by Gasteiger charge is -2.07. The van der Waals surface area contributed by atoms with Crippen molar-refractivity contribution in [1.29, 1.82) is 0 Å². The molecule has 0 radical (unpaired) electrons. The molecular formula is C17H13FO. The molecule has 0 amide bonds. The molecule has 0 bridgehead atoms. The highest BCUT2D eigenvalue weighted by Crippen LogP contribution is 2.65. The van der Waals surface area contributed by atoms with Crippen LogP contribution in [0.4, 0.5) is 4.39 Å². The van der Waals surface area contributed by atoms with Gasteiger partial charge in [-0.25, -0.2) is 4.39 Å². The van der Waals surface area contributed by atoms with Gasteiger partial charge in [0.15, 0.2) is 5.78 Å². The quantitative estimate of drug-likeness (QED) is 0.755. The summed E-state index contributed by atoms with van der Waals surface area (Å²) in [5.74, 6) is 0.211. The fourth-order valence-corrected chi connectivity index (χ4v) is 3.50. The summed E-state index contributed by atoms with van der Waals surface area (Å²) in [4.78, 5) is 12.6.